The van der Waals surface area contributed by atoms with Gasteiger partial charge in [-0.15, -0.1) is 11.8 Å². The fraction of sp³-hybridized carbons (Fsp3) is 0.818. The molecule has 0 radical (unpaired) electrons. The van der Waals surface area contributed by atoms with Crippen molar-refractivity contribution in [2.45, 2.75) is 31.8 Å². The zero-order valence-corrected chi connectivity index (χ0v) is 10.9. The van der Waals surface area contributed by atoms with Crippen LogP contribution in [0.5, 0.6) is 0 Å². The third-order valence-electron chi connectivity index (χ3n) is 3.63. The van der Waals surface area contributed by atoms with E-state index in [9.17, 15) is 9.59 Å². The Balaban J connectivity index is 2.00. The Morgan fingerprint density at radius 1 is 1.47 bits per heavy atom. The number of hydrogen-bond acceptors (Lipinski definition) is 3. The maximum atomic E-state index is 12.2. The Hall–Kier alpha value is -0.910. The molecule has 0 aromatic heterocycles. The van der Waals surface area contributed by atoms with Crippen molar-refractivity contribution in [1.82, 2.24) is 9.80 Å². The average Bonchev–Trinajstić information content (AvgIpc) is 3.02. The van der Waals surface area contributed by atoms with Crippen molar-refractivity contribution in [3.05, 3.63) is 0 Å². The van der Waals surface area contributed by atoms with Crippen LogP contribution < -0.4 is 0 Å². The second kappa shape index (κ2) is 4.76. The maximum absolute atomic E-state index is 12.2. The first-order valence-electron chi connectivity index (χ1n) is 5.86. The van der Waals surface area contributed by atoms with Gasteiger partial charge in [0.2, 0.25) is 0 Å². The van der Waals surface area contributed by atoms with Crippen LogP contribution in [-0.4, -0.2) is 57.7 Å². The molecule has 2 unspecified atom stereocenters. The minimum atomic E-state index is -0.907. The molecule has 0 aromatic rings. The first-order valence-corrected chi connectivity index (χ1v) is 7.02. The predicted octanol–water partition coefficient (Wildman–Crippen LogP) is 1.30. The van der Waals surface area contributed by atoms with Crippen molar-refractivity contribution < 1.29 is 14.7 Å². The summed E-state index contributed by atoms with van der Waals surface area (Å²) in [6.45, 7) is 2.04. The topological polar surface area (TPSA) is 60.9 Å². The molecular formula is C11H18N2O3S. The Morgan fingerprint density at radius 2 is 2.12 bits per heavy atom. The van der Waals surface area contributed by atoms with Crippen molar-refractivity contribution >= 4 is 23.8 Å². The lowest BCUT2D eigenvalue weighted by Crippen LogP contribution is -2.50. The molecule has 6 heteroatoms. The van der Waals surface area contributed by atoms with Gasteiger partial charge >= 0.3 is 12.0 Å². The standard InChI is InChI=1S/C11H18N2O3S/c1-7(8-3-4-8)12(2)11(16)13-6-17-5-9(13)10(14)15/h7-9H,3-6H2,1-2H3,(H,14,15). The van der Waals surface area contributed by atoms with E-state index in [4.69, 9.17) is 5.11 Å². The molecule has 1 aliphatic carbocycles. The molecule has 1 saturated carbocycles. The summed E-state index contributed by atoms with van der Waals surface area (Å²) >= 11 is 1.50. The van der Waals surface area contributed by atoms with E-state index in [1.807, 2.05) is 6.92 Å². The van der Waals surface area contributed by atoms with Gasteiger partial charge in [0.05, 0.1) is 5.88 Å². The number of thioether (sulfide) groups is 1. The minimum absolute atomic E-state index is 0.151. The number of rotatable bonds is 3. The summed E-state index contributed by atoms with van der Waals surface area (Å²) in [6, 6.07) is -0.606. The Morgan fingerprint density at radius 3 is 2.65 bits per heavy atom. The molecule has 96 valence electrons. The highest BCUT2D eigenvalue weighted by Gasteiger charge is 2.39. The second-order valence-electron chi connectivity index (χ2n) is 4.80. The van der Waals surface area contributed by atoms with E-state index in [1.54, 1.807) is 11.9 Å². The molecule has 2 fully saturated rings. The van der Waals surface area contributed by atoms with Gasteiger partial charge in [-0.05, 0) is 25.7 Å². The number of urea groups is 1. The average molecular weight is 258 g/mol. The van der Waals surface area contributed by atoms with E-state index in [2.05, 4.69) is 0 Å². The predicted molar refractivity (Wildman–Crippen MR) is 65.9 cm³/mol. The van der Waals surface area contributed by atoms with Crippen LogP contribution in [0.2, 0.25) is 0 Å². The zero-order valence-electron chi connectivity index (χ0n) is 10.1. The largest absolute Gasteiger partial charge is 0.480 e. The third kappa shape index (κ3) is 2.51. The summed E-state index contributed by atoms with van der Waals surface area (Å²) in [5.41, 5.74) is 0. The smallest absolute Gasteiger partial charge is 0.327 e. The Kier molecular flexibility index (Phi) is 3.51. The first kappa shape index (κ1) is 12.5. The van der Waals surface area contributed by atoms with Gasteiger partial charge < -0.3 is 14.9 Å². The zero-order chi connectivity index (χ0) is 12.6. The Labute approximate surface area is 105 Å². The summed E-state index contributed by atoms with van der Waals surface area (Å²) in [5.74, 6) is 0.669. The molecule has 2 rings (SSSR count). The summed E-state index contributed by atoms with van der Waals surface area (Å²) in [5, 5.41) is 9.05. The molecule has 2 atom stereocenters. The van der Waals surface area contributed by atoms with Gasteiger partial charge in [-0.1, -0.05) is 0 Å². The van der Waals surface area contributed by atoms with Crippen LogP contribution in [0.25, 0.3) is 0 Å². The van der Waals surface area contributed by atoms with Crippen LogP contribution in [-0.2, 0) is 4.79 Å². The van der Waals surface area contributed by atoms with Gasteiger partial charge in [0.15, 0.2) is 0 Å². The molecule has 2 amide bonds. The van der Waals surface area contributed by atoms with Gasteiger partial charge in [0.25, 0.3) is 0 Å². The lowest BCUT2D eigenvalue weighted by atomic mass is 10.2. The molecule has 17 heavy (non-hydrogen) atoms. The highest BCUT2D eigenvalue weighted by molar-refractivity contribution is 7.99. The van der Waals surface area contributed by atoms with E-state index in [0.717, 1.165) is 0 Å². The van der Waals surface area contributed by atoms with Crippen LogP contribution in [0.15, 0.2) is 0 Å². The molecule has 0 bridgehead atoms. The first-order chi connectivity index (χ1) is 8.02. The molecule has 1 aliphatic heterocycles. The number of carbonyl (C=O) groups is 2. The van der Waals surface area contributed by atoms with Gasteiger partial charge in [-0.25, -0.2) is 9.59 Å². The lowest BCUT2D eigenvalue weighted by molar-refractivity contribution is -0.140. The van der Waals surface area contributed by atoms with Crippen molar-refractivity contribution in [2.24, 2.45) is 5.92 Å². The van der Waals surface area contributed by atoms with Crippen molar-refractivity contribution in [1.29, 1.82) is 0 Å². The van der Waals surface area contributed by atoms with Crippen LogP contribution in [0.4, 0.5) is 4.79 Å². The Bertz CT molecular complexity index is 333. The maximum Gasteiger partial charge on any atom is 0.327 e. The van der Waals surface area contributed by atoms with E-state index >= 15 is 0 Å². The van der Waals surface area contributed by atoms with Gasteiger partial charge in [-0.3, -0.25) is 0 Å². The molecular weight excluding hydrogens is 240 g/mol. The molecule has 1 heterocycles. The van der Waals surface area contributed by atoms with Crippen LogP contribution in [0, 0.1) is 5.92 Å². The fourth-order valence-corrected chi connectivity index (χ4v) is 3.25. The SMILES string of the molecule is CC(C1CC1)N(C)C(=O)N1CSCC1C(=O)O. The van der Waals surface area contributed by atoms with Crippen molar-refractivity contribution in [3.8, 4) is 0 Å². The van der Waals surface area contributed by atoms with Gasteiger partial charge in [0.1, 0.15) is 6.04 Å². The quantitative estimate of drug-likeness (QED) is 0.829. The normalized spacial score (nSPS) is 25.8. The number of hydrogen-bond donors (Lipinski definition) is 1. The van der Waals surface area contributed by atoms with Crippen LogP contribution in [0.3, 0.4) is 0 Å². The van der Waals surface area contributed by atoms with E-state index in [-0.39, 0.29) is 12.1 Å². The number of carboxylic acids is 1. The van der Waals surface area contributed by atoms with Crippen molar-refractivity contribution in [2.75, 3.05) is 18.7 Å². The van der Waals surface area contributed by atoms with Crippen molar-refractivity contribution in [3.63, 3.8) is 0 Å². The van der Waals surface area contributed by atoms with Crippen LogP contribution >= 0.6 is 11.8 Å². The summed E-state index contributed by atoms with van der Waals surface area (Å²) in [6.07, 6.45) is 2.35. The fourth-order valence-electron chi connectivity index (χ4n) is 2.11. The van der Waals surface area contributed by atoms with E-state index in [0.29, 0.717) is 17.5 Å². The van der Waals surface area contributed by atoms with E-state index in [1.165, 1.54) is 29.5 Å². The van der Waals surface area contributed by atoms with Gasteiger partial charge in [0, 0.05) is 18.8 Å². The third-order valence-corrected chi connectivity index (χ3v) is 4.64. The number of nitrogens with zero attached hydrogens (tertiary/aromatic N) is 2. The molecule has 0 spiro atoms. The van der Waals surface area contributed by atoms with Gasteiger partial charge in [-0.2, -0.15) is 0 Å². The number of carboxylic acid groups (broad SMARTS) is 1. The summed E-state index contributed by atoms with van der Waals surface area (Å²) in [4.78, 5) is 26.4. The molecule has 0 aromatic carbocycles. The van der Waals surface area contributed by atoms with Crippen LogP contribution in [0.1, 0.15) is 19.8 Å². The minimum Gasteiger partial charge on any atom is -0.480 e. The highest BCUT2D eigenvalue weighted by atomic mass is 32.2. The second-order valence-corrected chi connectivity index (χ2v) is 5.80. The lowest BCUT2D eigenvalue weighted by Gasteiger charge is -2.31. The molecule has 1 N–H and O–H groups in total. The van der Waals surface area contributed by atoms with E-state index < -0.39 is 12.0 Å². The molecule has 2 aliphatic rings. The number of carbonyl (C=O) groups excluding carboxylic acids is 1. The molecule has 1 saturated heterocycles. The molecule has 5 nitrogen and oxygen atoms in total. The summed E-state index contributed by atoms with van der Waals surface area (Å²) in [7, 11) is 1.77. The summed E-state index contributed by atoms with van der Waals surface area (Å²) < 4.78 is 0. The monoisotopic (exact) mass is 258 g/mol. The highest BCUT2D eigenvalue weighted by Crippen LogP contribution is 2.35. The number of amides is 2. The number of aliphatic carboxylic acids is 1.